The summed E-state index contributed by atoms with van der Waals surface area (Å²) in [4.78, 5) is 0.291. The third kappa shape index (κ3) is 2.57. The molecule has 0 aromatic heterocycles. The Bertz CT molecular complexity index is 822. The van der Waals surface area contributed by atoms with E-state index < -0.39 is 20.5 Å². The molecule has 1 fully saturated rings. The predicted molar refractivity (Wildman–Crippen MR) is 94.6 cm³/mol. The molecule has 2 aromatic rings. The van der Waals surface area contributed by atoms with Gasteiger partial charge in [-0.3, -0.25) is 0 Å². The second-order valence-corrected chi connectivity index (χ2v) is 8.83. The summed E-state index contributed by atoms with van der Waals surface area (Å²) in [5.74, 6) is -0.278. The monoisotopic (exact) mass is 345 g/mol. The van der Waals surface area contributed by atoms with Crippen LogP contribution in [0, 0.1) is 19.3 Å². The molecule has 0 aliphatic heterocycles. The van der Waals surface area contributed by atoms with Gasteiger partial charge in [0.2, 0.25) is 0 Å². The fourth-order valence-electron chi connectivity index (χ4n) is 3.59. The van der Waals surface area contributed by atoms with Crippen molar-refractivity contribution in [1.82, 2.24) is 0 Å². The molecular weight excluding hydrogens is 322 g/mol. The molecule has 1 aliphatic rings. The second-order valence-electron chi connectivity index (χ2n) is 6.76. The topological polar surface area (TPSA) is 80.4 Å². The van der Waals surface area contributed by atoms with Crippen molar-refractivity contribution in [3.8, 4) is 0 Å². The van der Waals surface area contributed by atoms with Crippen LogP contribution in [0.5, 0.6) is 0 Å². The zero-order chi connectivity index (χ0) is 17.5. The van der Waals surface area contributed by atoms with Crippen LogP contribution in [-0.4, -0.2) is 31.9 Å². The lowest BCUT2D eigenvalue weighted by Crippen LogP contribution is -2.27. The lowest BCUT2D eigenvalue weighted by molar-refractivity contribution is 0.212. The molecule has 128 valence electrons. The highest BCUT2D eigenvalue weighted by atomic mass is 32.2. The van der Waals surface area contributed by atoms with Crippen molar-refractivity contribution in [2.24, 2.45) is 11.1 Å². The average Bonchev–Trinajstić information content (AvgIpc) is 3.26. The number of aliphatic hydroxyl groups is 1. The van der Waals surface area contributed by atoms with Gasteiger partial charge in [-0.05, 0) is 31.5 Å². The zero-order valence-corrected chi connectivity index (χ0v) is 14.8. The van der Waals surface area contributed by atoms with E-state index in [2.05, 4.69) is 0 Å². The average molecular weight is 345 g/mol. The lowest BCUT2D eigenvalue weighted by atomic mass is 9.99. The molecular formula is C19H23NO3S. The summed E-state index contributed by atoms with van der Waals surface area (Å²) in [6.45, 7) is 3.80. The van der Waals surface area contributed by atoms with E-state index in [9.17, 15) is 13.5 Å². The Morgan fingerprint density at radius 3 is 1.96 bits per heavy atom. The quantitative estimate of drug-likeness (QED) is 0.870. The summed E-state index contributed by atoms with van der Waals surface area (Å²) in [7, 11) is -3.56. The van der Waals surface area contributed by atoms with E-state index in [-0.39, 0.29) is 19.1 Å². The number of hydrogen-bond donors (Lipinski definition) is 2. The van der Waals surface area contributed by atoms with Crippen molar-refractivity contribution in [1.29, 1.82) is 0 Å². The van der Waals surface area contributed by atoms with Crippen molar-refractivity contribution in [2.75, 3.05) is 13.2 Å². The molecule has 2 aromatic carbocycles. The van der Waals surface area contributed by atoms with E-state index in [0.29, 0.717) is 4.90 Å². The molecule has 0 saturated heterocycles. The summed E-state index contributed by atoms with van der Waals surface area (Å²) in [6.07, 6.45) is 0. The molecule has 0 spiro atoms. The molecule has 3 rings (SSSR count). The first-order valence-electron chi connectivity index (χ1n) is 8.05. The van der Waals surface area contributed by atoms with Crippen LogP contribution in [0.3, 0.4) is 0 Å². The Morgan fingerprint density at radius 1 is 1.00 bits per heavy atom. The van der Waals surface area contributed by atoms with Crippen LogP contribution in [0.1, 0.15) is 22.6 Å². The summed E-state index contributed by atoms with van der Waals surface area (Å²) in [5, 5.41) is 9.23. The highest BCUT2D eigenvalue weighted by Gasteiger charge is 2.70. The fraction of sp³-hybridized carbons (Fsp3) is 0.368. The highest BCUT2D eigenvalue weighted by Crippen LogP contribution is 2.63. The first-order chi connectivity index (χ1) is 11.4. The molecule has 3 atom stereocenters. The predicted octanol–water partition coefficient (Wildman–Crippen LogP) is 2.18. The molecule has 4 nitrogen and oxygen atoms in total. The van der Waals surface area contributed by atoms with Crippen LogP contribution in [-0.2, 0) is 9.84 Å². The van der Waals surface area contributed by atoms with Gasteiger partial charge in [0.25, 0.3) is 0 Å². The van der Waals surface area contributed by atoms with Crippen molar-refractivity contribution >= 4 is 9.84 Å². The molecule has 24 heavy (non-hydrogen) atoms. The van der Waals surface area contributed by atoms with Crippen molar-refractivity contribution in [3.63, 3.8) is 0 Å². The van der Waals surface area contributed by atoms with Crippen LogP contribution in [0.2, 0.25) is 0 Å². The Kier molecular flexibility index (Phi) is 4.28. The molecule has 0 radical (unpaired) electrons. The van der Waals surface area contributed by atoms with Gasteiger partial charge in [-0.1, -0.05) is 47.5 Å². The smallest absolute Gasteiger partial charge is 0.182 e. The van der Waals surface area contributed by atoms with E-state index in [1.807, 2.05) is 38.1 Å². The van der Waals surface area contributed by atoms with Gasteiger partial charge in [0.05, 0.1) is 16.8 Å². The van der Waals surface area contributed by atoms with Crippen LogP contribution in [0.15, 0.2) is 53.4 Å². The van der Waals surface area contributed by atoms with Crippen molar-refractivity contribution in [2.45, 2.75) is 29.9 Å². The normalized spacial score (nSPS) is 26.3. The van der Waals surface area contributed by atoms with E-state index in [4.69, 9.17) is 5.73 Å². The van der Waals surface area contributed by atoms with Gasteiger partial charge in [-0.2, -0.15) is 0 Å². The van der Waals surface area contributed by atoms with E-state index in [0.717, 1.165) is 16.7 Å². The fourth-order valence-corrected chi connectivity index (χ4v) is 6.04. The first-order valence-corrected chi connectivity index (χ1v) is 9.59. The Balaban J connectivity index is 2.04. The Hall–Kier alpha value is -1.69. The number of benzene rings is 2. The molecule has 1 aliphatic carbocycles. The molecule has 5 heteroatoms. The van der Waals surface area contributed by atoms with Gasteiger partial charge in [0.1, 0.15) is 0 Å². The number of sulfone groups is 1. The number of hydrogen-bond acceptors (Lipinski definition) is 4. The summed E-state index contributed by atoms with van der Waals surface area (Å²) in [6, 6.07) is 14.6. The van der Waals surface area contributed by atoms with Crippen molar-refractivity contribution < 1.29 is 13.5 Å². The molecule has 3 N–H and O–H groups in total. The standard InChI is InChI=1S/C19H23NO3S/c1-13-3-7-15(8-4-13)17-18(19(17,11-20)12-21)24(22,23)16-9-5-14(2)6-10-16/h3-10,17-18,21H,11-12,20H2,1-2H3/t17-,18-,19+/m1/s1. The van der Waals surface area contributed by atoms with Crippen LogP contribution < -0.4 is 5.73 Å². The summed E-state index contributed by atoms with van der Waals surface area (Å²) in [5.41, 5.74) is 8.13. The third-order valence-electron chi connectivity index (χ3n) is 5.17. The highest BCUT2D eigenvalue weighted by molar-refractivity contribution is 7.92. The lowest BCUT2D eigenvalue weighted by Gasteiger charge is -2.12. The minimum absolute atomic E-state index is 0.137. The maximum atomic E-state index is 13.1. The van der Waals surface area contributed by atoms with Crippen LogP contribution in [0.4, 0.5) is 0 Å². The second kappa shape index (κ2) is 5.99. The minimum atomic E-state index is -3.56. The minimum Gasteiger partial charge on any atom is -0.396 e. The summed E-state index contributed by atoms with van der Waals surface area (Å²) < 4.78 is 26.2. The molecule has 0 heterocycles. The van der Waals surface area contributed by atoms with E-state index in [1.54, 1.807) is 24.3 Å². The maximum absolute atomic E-state index is 13.1. The molecule has 0 amide bonds. The van der Waals surface area contributed by atoms with E-state index in [1.165, 1.54) is 0 Å². The van der Waals surface area contributed by atoms with E-state index >= 15 is 0 Å². The molecule has 0 unspecified atom stereocenters. The maximum Gasteiger partial charge on any atom is 0.182 e. The van der Waals surface area contributed by atoms with Crippen LogP contribution >= 0.6 is 0 Å². The number of aryl methyl sites for hydroxylation is 2. The van der Waals surface area contributed by atoms with Gasteiger partial charge >= 0.3 is 0 Å². The van der Waals surface area contributed by atoms with Gasteiger partial charge in [-0.15, -0.1) is 0 Å². The Morgan fingerprint density at radius 2 is 1.50 bits per heavy atom. The third-order valence-corrected chi connectivity index (χ3v) is 7.51. The molecule has 1 saturated carbocycles. The zero-order valence-electron chi connectivity index (χ0n) is 13.9. The largest absolute Gasteiger partial charge is 0.396 e. The number of aliphatic hydroxyl groups excluding tert-OH is 1. The number of rotatable bonds is 5. The van der Waals surface area contributed by atoms with Gasteiger partial charge in [0, 0.05) is 17.9 Å². The molecule has 0 bridgehead atoms. The van der Waals surface area contributed by atoms with Crippen molar-refractivity contribution in [3.05, 3.63) is 65.2 Å². The van der Waals surface area contributed by atoms with Crippen LogP contribution in [0.25, 0.3) is 0 Å². The van der Waals surface area contributed by atoms with Gasteiger partial charge in [-0.25, -0.2) is 8.42 Å². The first kappa shape index (κ1) is 17.1. The summed E-state index contributed by atoms with van der Waals surface area (Å²) >= 11 is 0. The van der Waals surface area contributed by atoms with Gasteiger partial charge < -0.3 is 10.8 Å². The SMILES string of the molecule is Cc1ccc([C@@H]2[C@@H](S(=O)(=O)c3ccc(C)cc3)[C@@]2(CN)CO)cc1. The van der Waals surface area contributed by atoms with Gasteiger partial charge in [0.15, 0.2) is 9.84 Å². The Labute approximate surface area is 143 Å². The number of nitrogens with two attached hydrogens (primary N) is 1.